The number of benzene rings is 1. The summed E-state index contributed by atoms with van der Waals surface area (Å²) >= 11 is 0. The van der Waals surface area contributed by atoms with Gasteiger partial charge in [0.2, 0.25) is 5.88 Å². The normalized spacial score (nSPS) is 25.9. The molecule has 2 bridgehead atoms. The van der Waals surface area contributed by atoms with Crippen molar-refractivity contribution in [3.05, 3.63) is 42.3 Å². The molecule has 2 heterocycles. The second kappa shape index (κ2) is 8.18. The van der Waals surface area contributed by atoms with Crippen molar-refractivity contribution in [1.82, 2.24) is 20.4 Å². The van der Waals surface area contributed by atoms with Crippen LogP contribution in [0.3, 0.4) is 0 Å². The number of fused-ring (bicyclic) bond motifs is 2. The van der Waals surface area contributed by atoms with Gasteiger partial charge in [-0.2, -0.15) is 5.10 Å². The number of nitrogens with zero attached hydrogens (tertiary/aromatic N) is 5. The van der Waals surface area contributed by atoms with Crippen molar-refractivity contribution >= 4 is 5.82 Å². The van der Waals surface area contributed by atoms with Gasteiger partial charge >= 0.3 is 0 Å². The molecule has 2 aliphatic carbocycles. The summed E-state index contributed by atoms with van der Waals surface area (Å²) in [4.78, 5) is 2.23. The molecule has 2 fully saturated rings. The van der Waals surface area contributed by atoms with E-state index in [1.54, 1.807) is 12.1 Å². The van der Waals surface area contributed by atoms with Gasteiger partial charge in [-0.1, -0.05) is 13.8 Å². The number of aromatic nitrogens is 4. The Morgan fingerprint density at radius 1 is 1.03 bits per heavy atom. The van der Waals surface area contributed by atoms with Gasteiger partial charge in [-0.15, -0.1) is 15.3 Å². The molecule has 0 saturated heterocycles. The third-order valence-corrected chi connectivity index (χ3v) is 7.72. The summed E-state index contributed by atoms with van der Waals surface area (Å²) in [5, 5.41) is 27.0. The third-order valence-electron chi connectivity index (χ3n) is 7.72. The minimum atomic E-state index is -0.509. The highest BCUT2D eigenvalue weighted by Gasteiger charge is 2.50. The Kier molecular flexibility index (Phi) is 5.41. The molecular weight excluding hydrogens is 433 g/mol. The van der Waals surface area contributed by atoms with Crippen LogP contribution in [0.4, 0.5) is 10.2 Å². The van der Waals surface area contributed by atoms with Crippen LogP contribution in [-0.4, -0.2) is 45.7 Å². The van der Waals surface area contributed by atoms with E-state index in [4.69, 9.17) is 4.74 Å². The summed E-state index contributed by atoms with van der Waals surface area (Å²) < 4.78 is 20.0. The zero-order valence-electron chi connectivity index (χ0n) is 20.0. The van der Waals surface area contributed by atoms with Crippen LogP contribution in [0.1, 0.15) is 46.0 Å². The summed E-state index contributed by atoms with van der Waals surface area (Å²) in [6.45, 7) is 4.82. The number of halogens is 1. The molecule has 0 radical (unpaired) electrons. The number of phenols is 1. The first-order valence-electron chi connectivity index (χ1n) is 11.7. The van der Waals surface area contributed by atoms with E-state index in [1.165, 1.54) is 44.7 Å². The van der Waals surface area contributed by atoms with Crippen molar-refractivity contribution in [3.8, 4) is 34.0 Å². The molecule has 7 nitrogen and oxygen atoms in total. The number of anilines is 1. The fraction of sp³-hybridized carbons (Fsp3) is 0.462. The highest BCUT2D eigenvalue weighted by atomic mass is 19.1. The van der Waals surface area contributed by atoms with E-state index < -0.39 is 5.82 Å². The molecule has 0 amide bonds. The lowest BCUT2D eigenvalue weighted by Crippen LogP contribution is -2.42. The predicted molar refractivity (Wildman–Crippen MR) is 128 cm³/mol. The summed E-state index contributed by atoms with van der Waals surface area (Å²) in [6, 6.07) is 8.29. The smallest absolute Gasteiger partial charge is 0.233 e. The molecular formula is C26H30FN5O2. The maximum absolute atomic E-state index is 15.0. The van der Waals surface area contributed by atoms with E-state index in [9.17, 15) is 9.50 Å². The molecule has 8 heteroatoms. The average molecular weight is 464 g/mol. The van der Waals surface area contributed by atoms with Crippen LogP contribution in [0.2, 0.25) is 0 Å². The van der Waals surface area contributed by atoms with E-state index >= 15 is 0 Å². The number of rotatable bonds is 5. The van der Waals surface area contributed by atoms with Crippen LogP contribution in [0.25, 0.3) is 22.4 Å². The fourth-order valence-corrected chi connectivity index (χ4v) is 6.07. The average Bonchev–Trinajstić information content (AvgIpc) is 3.06. The molecule has 1 N–H and O–H groups in total. The van der Waals surface area contributed by atoms with Gasteiger partial charge < -0.3 is 14.7 Å². The number of hydrogen-bond acceptors (Lipinski definition) is 7. The van der Waals surface area contributed by atoms with E-state index in [1.807, 2.05) is 6.07 Å². The topological polar surface area (TPSA) is 84.3 Å². The van der Waals surface area contributed by atoms with Gasteiger partial charge in [0, 0.05) is 35.8 Å². The van der Waals surface area contributed by atoms with Gasteiger partial charge in [0.15, 0.2) is 5.82 Å². The Balaban J connectivity index is 1.39. The van der Waals surface area contributed by atoms with Crippen LogP contribution >= 0.6 is 0 Å². The summed E-state index contributed by atoms with van der Waals surface area (Å²) in [6.07, 6.45) is 7.62. The zero-order chi connectivity index (χ0) is 24.1. The second-order valence-corrected chi connectivity index (χ2v) is 10.6. The van der Waals surface area contributed by atoms with E-state index in [0.29, 0.717) is 28.1 Å². The Hall–Kier alpha value is -3.29. The van der Waals surface area contributed by atoms with Gasteiger partial charge in [0.1, 0.15) is 11.6 Å². The van der Waals surface area contributed by atoms with Crippen molar-refractivity contribution in [1.29, 1.82) is 0 Å². The van der Waals surface area contributed by atoms with Gasteiger partial charge in [0.05, 0.1) is 19.0 Å². The van der Waals surface area contributed by atoms with E-state index in [-0.39, 0.29) is 22.8 Å². The maximum Gasteiger partial charge on any atom is 0.233 e. The number of hydrogen-bond donors (Lipinski definition) is 1. The van der Waals surface area contributed by atoms with E-state index in [2.05, 4.69) is 46.2 Å². The molecule has 3 atom stereocenters. The maximum atomic E-state index is 15.0. The van der Waals surface area contributed by atoms with Crippen molar-refractivity contribution in [2.75, 3.05) is 19.1 Å². The lowest BCUT2D eigenvalue weighted by molar-refractivity contribution is 0.148. The first-order valence-corrected chi connectivity index (χ1v) is 11.7. The quantitative estimate of drug-likeness (QED) is 0.553. The Morgan fingerprint density at radius 2 is 1.76 bits per heavy atom. The molecule has 0 aliphatic heterocycles. The Bertz CT molecular complexity index is 1200. The first-order chi connectivity index (χ1) is 16.2. The molecule has 5 rings (SSSR count). The molecule has 34 heavy (non-hydrogen) atoms. The molecule has 2 aliphatic rings. The molecule has 2 aromatic heterocycles. The predicted octanol–water partition coefficient (Wildman–Crippen LogP) is 5.25. The van der Waals surface area contributed by atoms with Gasteiger partial charge in [-0.25, -0.2) is 4.39 Å². The Labute approximate surface area is 199 Å². The van der Waals surface area contributed by atoms with Crippen LogP contribution in [0.15, 0.2) is 36.5 Å². The summed E-state index contributed by atoms with van der Waals surface area (Å²) in [5.74, 6) is 0.450. The highest BCUT2D eigenvalue weighted by Crippen LogP contribution is 2.58. The van der Waals surface area contributed by atoms with Crippen molar-refractivity contribution in [2.45, 2.75) is 52.0 Å². The standard InChI is InChI=1S/C26H30FN5O2/c1-25-7-8-26(2,15-25)13-17(12-25)32(3)23-6-5-21(29-30-23)19-10-20(27)18(11-22(19)33)16-9-24(34-4)31-28-14-16/h5-6,9-11,14,17,33H,7-8,12-13,15H2,1-4H3/t17-,25-,26+. The van der Waals surface area contributed by atoms with E-state index in [0.717, 1.165) is 18.7 Å². The number of ether oxygens (including phenoxy) is 1. The van der Waals surface area contributed by atoms with Crippen LogP contribution in [0, 0.1) is 16.6 Å². The molecule has 0 spiro atoms. The molecule has 3 aromatic rings. The molecule has 1 aromatic carbocycles. The summed E-state index contributed by atoms with van der Waals surface area (Å²) in [5.41, 5.74) is 2.16. The highest BCUT2D eigenvalue weighted by molar-refractivity contribution is 5.75. The van der Waals surface area contributed by atoms with Crippen molar-refractivity contribution in [3.63, 3.8) is 0 Å². The van der Waals surface area contributed by atoms with Gasteiger partial charge in [-0.3, -0.25) is 0 Å². The van der Waals surface area contributed by atoms with Crippen LogP contribution in [0.5, 0.6) is 11.6 Å². The summed E-state index contributed by atoms with van der Waals surface area (Å²) in [7, 11) is 3.54. The van der Waals surface area contributed by atoms with Crippen molar-refractivity contribution in [2.24, 2.45) is 10.8 Å². The molecule has 2 saturated carbocycles. The fourth-order valence-electron chi connectivity index (χ4n) is 6.07. The lowest BCUT2D eigenvalue weighted by atomic mass is 9.68. The number of phenolic OH excluding ortho intramolecular Hbond substituents is 1. The minimum absolute atomic E-state index is 0.0905. The number of aromatic hydroxyl groups is 1. The molecule has 0 unspecified atom stereocenters. The second-order valence-electron chi connectivity index (χ2n) is 10.6. The van der Waals surface area contributed by atoms with Crippen molar-refractivity contribution < 1.29 is 14.2 Å². The Morgan fingerprint density at radius 3 is 2.41 bits per heavy atom. The number of methoxy groups -OCH3 is 1. The lowest BCUT2D eigenvalue weighted by Gasteiger charge is -2.44. The van der Waals surface area contributed by atoms with Gasteiger partial charge in [0.25, 0.3) is 0 Å². The SMILES string of the molecule is COc1cc(-c2cc(O)c(-c3ccc(N(C)[C@H]4C[C@]5(C)CC[C@](C)(C4)C5)nn3)cc2F)cnn1. The largest absolute Gasteiger partial charge is 0.507 e. The first kappa shape index (κ1) is 22.5. The van der Waals surface area contributed by atoms with Crippen LogP contribution in [-0.2, 0) is 0 Å². The van der Waals surface area contributed by atoms with Gasteiger partial charge in [-0.05, 0) is 67.2 Å². The minimum Gasteiger partial charge on any atom is -0.507 e. The third kappa shape index (κ3) is 4.06. The zero-order valence-corrected chi connectivity index (χ0v) is 20.0. The molecule has 178 valence electrons. The monoisotopic (exact) mass is 463 g/mol. The van der Waals surface area contributed by atoms with Crippen LogP contribution < -0.4 is 9.64 Å².